The number of rotatable bonds is 3. The van der Waals surface area contributed by atoms with Gasteiger partial charge < -0.3 is 19.5 Å². The molecule has 6 heteroatoms. The summed E-state index contributed by atoms with van der Waals surface area (Å²) in [6.07, 6.45) is 1.14. The lowest BCUT2D eigenvalue weighted by Crippen LogP contribution is -2.44. The molecule has 4 heterocycles. The van der Waals surface area contributed by atoms with Crippen LogP contribution in [-0.2, 0) is 11.3 Å². The van der Waals surface area contributed by atoms with E-state index in [0.29, 0.717) is 30.6 Å². The number of anilines is 1. The van der Waals surface area contributed by atoms with Crippen LogP contribution in [0.5, 0.6) is 0 Å². The number of piperidine rings is 1. The molecule has 3 aliphatic rings. The predicted molar refractivity (Wildman–Crippen MR) is 113 cm³/mol. The number of hydrogen-bond acceptors (Lipinski definition) is 5. The molecule has 2 saturated heterocycles. The number of nitrogens with one attached hydrogen (secondary N) is 1. The van der Waals surface area contributed by atoms with Gasteiger partial charge in [0.15, 0.2) is 5.78 Å². The van der Waals surface area contributed by atoms with Gasteiger partial charge in [-0.1, -0.05) is 0 Å². The molecule has 0 spiro atoms. The zero-order valence-corrected chi connectivity index (χ0v) is 16.8. The summed E-state index contributed by atoms with van der Waals surface area (Å²) in [5, 5.41) is 3.51. The maximum atomic E-state index is 13.0. The van der Waals surface area contributed by atoms with Gasteiger partial charge in [-0.15, -0.1) is 0 Å². The molecule has 0 amide bonds. The van der Waals surface area contributed by atoms with Crippen molar-refractivity contribution in [1.29, 1.82) is 0 Å². The van der Waals surface area contributed by atoms with Gasteiger partial charge >= 0.3 is 0 Å². The SMILES string of the molecule is CC(=O)c1ccc(N2CCOCC2)c(-c2cc3n(c(=O)c2)C[C@@H]2CNC[C@H]3C2)c1. The van der Waals surface area contributed by atoms with Crippen molar-refractivity contribution in [1.82, 2.24) is 9.88 Å². The third-order valence-electron chi connectivity index (χ3n) is 6.53. The lowest BCUT2D eigenvalue weighted by atomic mass is 9.83. The molecule has 152 valence electrons. The minimum atomic E-state index is 0.0359. The van der Waals surface area contributed by atoms with Gasteiger partial charge in [-0.3, -0.25) is 9.59 Å². The van der Waals surface area contributed by atoms with Gasteiger partial charge in [0, 0.05) is 60.7 Å². The lowest BCUT2D eigenvalue weighted by molar-refractivity contribution is 0.101. The summed E-state index contributed by atoms with van der Waals surface area (Å²) in [6, 6.07) is 9.79. The summed E-state index contributed by atoms with van der Waals surface area (Å²) in [7, 11) is 0. The molecule has 6 nitrogen and oxygen atoms in total. The van der Waals surface area contributed by atoms with Crippen molar-refractivity contribution in [2.24, 2.45) is 5.92 Å². The van der Waals surface area contributed by atoms with Gasteiger partial charge in [0.05, 0.1) is 13.2 Å². The Morgan fingerprint density at radius 1 is 1.14 bits per heavy atom. The minimum absolute atomic E-state index is 0.0359. The van der Waals surface area contributed by atoms with Gasteiger partial charge in [0.1, 0.15) is 0 Å². The average molecular weight is 393 g/mol. The van der Waals surface area contributed by atoms with Gasteiger partial charge in [-0.05, 0) is 55.6 Å². The van der Waals surface area contributed by atoms with Gasteiger partial charge in [-0.2, -0.15) is 0 Å². The van der Waals surface area contributed by atoms with E-state index in [0.717, 1.165) is 61.7 Å². The highest BCUT2D eigenvalue weighted by Crippen LogP contribution is 2.37. The molecule has 0 saturated carbocycles. The molecular weight excluding hydrogens is 366 g/mol. The molecule has 2 atom stereocenters. The van der Waals surface area contributed by atoms with Crippen molar-refractivity contribution in [3.8, 4) is 11.1 Å². The molecule has 2 fully saturated rings. The Labute approximate surface area is 170 Å². The number of carbonyl (C=O) groups is 1. The van der Waals surface area contributed by atoms with E-state index in [2.05, 4.69) is 16.3 Å². The number of benzene rings is 1. The van der Waals surface area contributed by atoms with E-state index in [9.17, 15) is 9.59 Å². The molecule has 1 aromatic carbocycles. The Kier molecular flexibility index (Phi) is 4.76. The Balaban J connectivity index is 1.65. The first-order chi connectivity index (χ1) is 14.1. The average Bonchev–Trinajstić information content (AvgIpc) is 2.75. The monoisotopic (exact) mass is 393 g/mol. The fraction of sp³-hybridized carbons (Fsp3) is 0.478. The maximum absolute atomic E-state index is 13.0. The van der Waals surface area contributed by atoms with Crippen LogP contribution in [0.25, 0.3) is 11.1 Å². The molecule has 2 bridgehead atoms. The highest BCUT2D eigenvalue weighted by atomic mass is 16.5. The summed E-state index contributed by atoms with van der Waals surface area (Å²) in [5.41, 5.74) is 4.81. The molecule has 3 aliphatic heterocycles. The number of hydrogen-bond donors (Lipinski definition) is 1. The van der Waals surface area contributed by atoms with Crippen LogP contribution in [0.2, 0.25) is 0 Å². The Hall–Kier alpha value is -2.44. The maximum Gasteiger partial charge on any atom is 0.251 e. The molecule has 1 N–H and O–H groups in total. The number of nitrogens with zero attached hydrogens (tertiary/aromatic N) is 2. The predicted octanol–water partition coefficient (Wildman–Crippen LogP) is 2.26. The molecule has 0 unspecified atom stereocenters. The first-order valence-corrected chi connectivity index (χ1v) is 10.5. The topological polar surface area (TPSA) is 63.6 Å². The van der Waals surface area contributed by atoms with E-state index < -0.39 is 0 Å². The van der Waals surface area contributed by atoms with Crippen molar-refractivity contribution in [2.45, 2.75) is 25.8 Å². The quantitative estimate of drug-likeness (QED) is 0.811. The summed E-state index contributed by atoms with van der Waals surface area (Å²) in [5.74, 6) is 0.946. The highest BCUT2D eigenvalue weighted by Gasteiger charge is 2.31. The number of aromatic nitrogens is 1. The number of ether oxygens (including phenoxy) is 1. The van der Waals surface area contributed by atoms with Crippen LogP contribution in [0, 0.1) is 5.92 Å². The molecular formula is C23H27N3O3. The van der Waals surface area contributed by atoms with Crippen LogP contribution in [0.4, 0.5) is 5.69 Å². The third-order valence-corrected chi connectivity index (χ3v) is 6.53. The van der Waals surface area contributed by atoms with E-state index in [1.807, 2.05) is 22.8 Å². The van der Waals surface area contributed by atoms with Gasteiger partial charge in [-0.25, -0.2) is 0 Å². The normalized spacial score (nSPS) is 23.6. The Bertz CT molecular complexity index is 1010. The van der Waals surface area contributed by atoms with Crippen molar-refractivity contribution in [3.05, 3.63) is 51.9 Å². The summed E-state index contributed by atoms with van der Waals surface area (Å²) in [4.78, 5) is 27.4. The lowest BCUT2D eigenvalue weighted by Gasteiger charge is -2.38. The van der Waals surface area contributed by atoms with Crippen LogP contribution >= 0.6 is 0 Å². The van der Waals surface area contributed by atoms with Crippen LogP contribution in [0.3, 0.4) is 0 Å². The summed E-state index contributed by atoms with van der Waals surface area (Å²) >= 11 is 0. The molecule has 1 aromatic heterocycles. The van der Waals surface area contributed by atoms with E-state index in [1.54, 1.807) is 13.0 Å². The smallest absolute Gasteiger partial charge is 0.251 e. The fourth-order valence-corrected chi connectivity index (χ4v) is 5.03. The second-order valence-electron chi connectivity index (χ2n) is 8.46. The number of ketones is 1. The first kappa shape index (κ1) is 18.6. The van der Waals surface area contributed by atoms with Crippen molar-refractivity contribution < 1.29 is 9.53 Å². The number of morpholine rings is 1. The van der Waals surface area contributed by atoms with E-state index in [1.165, 1.54) is 0 Å². The van der Waals surface area contributed by atoms with E-state index >= 15 is 0 Å². The van der Waals surface area contributed by atoms with E-state index in [-0.39, 0.29) is 11.3 Å². The molecule has 5 rings (SSSR count). The molecule has 29 heavy (non-hydrogen) atoms. The number of Topliss-reactive ketones (excluding diaryl/α,β-unsaturated/α-hetero) is 1. The van der Waals surface area contributed by atoms with Crippen LogP contribution in [0.15, 0.2) is 35.1 Å². The standard InChI is InChI=1S/C23H27N3O3/c1-15(27)17-2-3-21(25-4-6-29-7-5-25)20(9-17)18-10-22-19-8-16(12-24-13-19)14-26(22)23(28)11-18/h2-3,9-11,16,19,24H,4-8,12-14H2,1H3/t16-,19+/m0/s1. The van der Waals surface area contributed by atoms with Crippen LogP contribution in [0.1, 0.15) is 35.3 Å². The second kappa shape index (κ2) is 7.43. The summed E-state index contributed by atoms with van der Waals surface area (Å²) < 4.78 is 7.48. The second-order valence-corrected chi connectivity index (χ2v) is 8.46. The van der Waals surface area contributed by atoms with Crippen molar-refractivity contribution in [3.63, 3.8) is 0 Å². The van der Waals surface area contributed by atoms with Gasteiger partial charge in [0.25, 0.3) is 5.56 Å². The third kappa shape index (κ3) is 3.40. The van der Waals surface area contributed by atoms with Crippen LogP contribution in [-0.4, -0.2) is 49.7 Å². The Morgan fingerprint density at radius 3 is 2.76 bits per heavy atom. The fourth-order valence-electron chi connectivity index (χ4n) is 5.03. The largest absolute Gasteiger partial charge is 0.378 e. The Morgan fingerprint density at radius 2 is 1.97 bits per heavy atom. The first-order valence-electron chi connectivity index (χ1n) is 10.5. The van der Waals surface area contributed by atoms with Crippen LogP contribution < -0.4 is 15.8 Å². The van der Waals surface area contributed by atoms with Crippen molar-refractivity contribution in [2.75, 3.05) is 44.3 Å². The zero-order chi connectivity index (χ0) is 20.0. The number of pyridine rings is 1. The van der Waals surface area contributed by atoms with E-state index in [4.69, 9.17) is 4.74 Å². The number of fused-ring (bicyclic) bond motifs is 4. The van der Waals surface area contributed by atoms with Gasteiger partial charge in [0.2, 0.25) is 0 Å². The molecule has 0 aliphatic carbocycles. The summed E-state index contributed by atoms with van der Waals surface area (Å²) in [6.45, 7) is 7.29. The van der Waals surface area contributed by atoms with Crippen molar-refractivity contribution >= 4 is 11.5 Å². The molecule has 0 radical (unpaired) electrons. The minimum Gasteiger partial charge on any atom is -0.378 e. The zero-order valence-electron chi connectivity index (χ0n) is 16.8. The highest BCUT2D eigenvalue weighted by molar-refractivity contribution is 5.97. The molecule has 2 aromatic rings. The number of carbonyl (C=O) groups excluding carboxylic acids is 1.